The van der Waals surface area contributed by atoms with Crippen LogP contribution in [0, 0.1) is 0 Å². The van der Waals surface area contributed by atoms with Crippen molar-refractivity contribution in [2.24, 2.45) is 0 Å². The number of ether oxygens (including phenoxy) is 1. The Hall–Kier alpha value is -3.89. The number of alkyl halides is 3. The van der Waals surface area contributed by atoms with Crippen molar-refractivity contribution >= 4 is 23.6 Å². The molecule has 2 atom stereocenters. The quantitative estimate of drug-likeness (QED) is 0.647. The molecule has 4 rings (SSSR count). The van der Waals surface area contributed by atoms with Gasteiger partial charge in [-0.25, -0.2) is 0 Å². The van der Waals surface area contributed by atoms with Crippen molar-refractivity contribution in [3.8, 4) is 5.75 Å². The Balaban J connectivity index is 1.56. The molecule has 178 valence electrons. The van der Waals surface area contributed by atoms with Gasteiger partial charge < -0.3 is 15.0 Å². The number of para-hydroxylation sites is 1. The standard InChI is InChI=1S/C23H20F3N3O5/c1-34-17-5-3-2-4-15(17)19(23(24,25)26)28-20(31)12-6-7-14-13(10-12)11-29(22(14)33)16-8-9-18(30)27-21(16)32/h2-7,10,16,19H,8-9,11H2,1H3,(H,28,31)(H,27,30,32). The largest absolute Gasteiger partial charge is 0.496 e. The minimum Gasteiger partial charge on any atom is -0.496 e. The van der Waals surface area contributed by atoms with Crippen molar-refractivity contribution in [3.63, 3.8) is 0 Å². The smallest absolute Gasteiger partial charge is 0.413 e. The fourth-order valence-electron chi connectivity index (χ4n) is 4.17. The Morgan fingerprint density at radius 2 is 1.91 bits per heavy atom. The summed E-state index contributed by atoms with van der Waals surface area (Å²) in [5.41, 5.74) is 0.341. The third-order valence-corrected chi connectivity index (χ3v) is 5.84. The summed E-state index contributed by atoms with van der Waals surface area (Å²) in [6, 6.07) is 6.31. The summed E-state index contributed by atoms with van der Waals surface area (Å²) in [5, 5.41) is 4.20. The van der Waals surface area contributed by atoms with Gasteiger partial charge in [-0.3, -0.25) is 24.5 Å². The number of piperidine rings is 1. The number of hydrogen-bond donors (Lipinski definition) is 2. The molecule has 2 aromatic rings. The van der Waals surface area contributed by atoms with Crippen LogP contribution in [-0.4, -0.2) is 47.9 Å². The van der Waals surface area contributed by atoms with E-state index < -0.39 is 41.9 Å². The molecule has 2 unspecified atom stereocenters. The van der Waals surface area contributed by atoms with Crippen LogP contribution in [0.15, 0.2) is 42.5 Å². The molecule has 0 radical (unpaired) electrons. The summed E-state index contributed by atoms with van der Waals surface area (Å²) in [7, 11) is 1.24. The Morgan fingerprint density at radius 3 is 2.59 bits per heavy atom. The van der Waals surface area contributed by atoms with Crippen LogP contribution in [0.4, 0.5) is 13.2 Å². The van der Waals surface area contributed by atoms with E-state index in [0.29, 0.717) is 5.56 Å². The number of methoxy groups -OCH3 is 1. The van der Waals surface area contributed by atoms with Crippen molar-refractivity contribution in [3.05, 3.63) is 64.7 Å². The van der Waals surface area contributed by atoms with Crippen LogP contribution in [0.3, 0.4) is 0 Å². The molecular formula is C23H20F3N3O5. The molecule has 2 N–H and O–H groups in total. The molecule has 2 aliphatic rings. The van der Waals surface area contributed by atoms with E-state index in [1.54, 1.807) is 0 Å². The lowest BCUT2D eigenvalue weighted by molar-refractivity contribution is -0.155. The average molecular weight is 475 g/mol. The maximum absolute atomic E-state index is 13.8. The number of amides is 4. The molecule has 0 aliphatic carbocycles. The predicted molar refractivity (Wildman–Crippen MR) is 112 cm³/mol. The number of nitrogens with zero attached hydrogens (tertiary/aromatic N) is 1. The molecule has 0 bridgehead atoms. The second kappa shape index (κ2) is 8.81. The van der Waals surface area contributed by atoms with Crippen LogP contribution in [0.1, 0.15) is 50.7 Å². The van der Waals surface area contributed by atoms with Gasteiger partial charge in [-0.15, -0.1) is 0 Å². The van der Waals surface area contributed by atoms with E-state index in [1.165, 1.54) is 54.5 Å². The van der Waals surface area contributed by atoms with Gasteiger partial charge in [0.15, 0.2) is 6.04 Å². The van der Waals surface area contributed by atoms with Gasteiger partial charge in [0, 0.05) is 29.7 Å². The molecule has 2 aromatic carbocycles. The minimum atomic E-state index is -4.79. The first-order valence-corrected chi connectivity index (χ1v) is 10.4. The third kappa shape index (κ3) is 4.33. The highest BCUT2D eigenvalue weighted by molar-refractivity contribution is 6.06. The topological polar surface area (TPSA) is 105 Å². The van der Waals surface area contributed by atoms with Gasteiger partial charge in [-0.05, 0) is 36.2 Å². The maximum Gasteiger partial charge on any atom is 0.413 e. The number of rotatable bonds is 5. The van der Waals surface area contributed by atoms with Gasteiger partial charge >= 0.3 is 6.18 Å². The van der Waals surface area contributed by atoms with Gasteiger partial charge in [0.05, 0.1) is 7.11 Å². The SMILES string of the molecule is COc1ccccc1C(NC(=O)c1ccc2c(c1)CN(C1CCC(=O)NC1=O)C2=O)C(F)(F)F. The number of fused-ring (bicyclic) bond motifs is 1. The first-order valence-electron chi connectivity index (χ1n) is 10.4. The second-order valence-corrected chi connectivity index (χ2v) is 7.96. The van der Waals surface area contributed by atoms with Crippen LogP contribution in [0.5, 0.6) is 5.75 Å². The zero-order valence-electron chi connectivity index (χ0n) is 17.9. The van der Waals surface area contributed by atoms with Crippen molar-refractivity contribution < 1.29 is 37.1 Å². The van der Waals surface area contributed by atoms with Crippen LogP contribution in [0.2, 0.25) is 0 Å². The molecule has 0 aromatic heterocycles. The van der Waals surface area contributed by atoms with E-state index in [0.717, 1.165) is 0 Å². The molecule has 34 heavy (non-hydrogen) atoms. The summed E-state index contributed by atoms with van der Waals surface area (Å²) in [4.78, 5) is 50.4. The number of carbonyl (C=O) groups is 4. The Labute approximate surface area is 192 Å². The van der Waals surface area contributed by atoms with Gasteiger partial charge in [-0.2, -0.15) is 13.2 Å². The zero-order chi connectivity index (χ0) is 24.6. The highest BCUT2D eigenvalue weighted by atomic mass is 19.4. The number of benzene rings is 2. The van der Waals surface area contributed by atoms with Crippen LogP contribution in [-0.2, 0) is 16.1 Å². The first kappa shape index (κ1) is 23.3. The monoisotopic (exact) mass is 475 g/mol. The lowest BCUT2D eigenvalue weighted by atomic mass is 10.0. The molecule has 0 saturated carbocycles. The number of carbonyl (C=O) groups excluding carboxylic acids is 4. The van der Waals surface area contributed by atoms with Gasteiger partial charge in [0.25, 0.3) is 11.8 Å². The predicted octanol–water partition coefficient (Wildman–Crippen LogP) is 2.49. The molecule has 8 nitrogen and oxygen atoms in total. The number of hydrogen-bond acceptors (Lipinski definition) is 5. The molecule has 1 fully saturated rings. The van der Waals surface area contributed by atoms with Crippen molar-refractivity contribution in [2.75, 3.05) is 7.11 Å². The normalized spacial score (nSPS) is 18.9. The summed E-state index contributed by atoms with van der Waals surface area (Å²) in [6.45, 7) is -0.00320. The second-order valence-electron chi connectivity index (χ2n) is 7.96. The van der Waals surface area contributed by atoms with Gasteiger partial charge in [0.2, 0.25) is 11.8 Å². The lowest BCUT2D eigenvalue weighted by Crippen LogP contribution is -2.52. The summed E-state index contributed by atoms with van der Waals surface area (Å²) < 4.78 is 46.4. The fraction of sp³-hybridized carbons (Fsp3) is 0.304. The molecule has 0 spiro atoms. The van der Waals surface area contributed by atoms with Crippen molar-refractivity contribution in [1.29, 1.82) is 0 Å². The number of imide groups is 1. The highest BCUT2D eigenvalue weighted by Crippen LogP contribution is 2.37. The summed E-state index contributed by atoms with van der Waals surface area (Å²) in [6.07, 6.45) is -4.53. The maximum atomic E-state index is 13.8. The van der Waals surface area contributed by atoms with Crippen molar-refractivity contribution in [1.82, 2.24) is 15.5 Å². The molecule has 2 heterocycles. The van der Waals surface area contributed by atoms with E-state index >= 15 is 0 Å². The number of halogens is 3. The zero-order valence-corrected chi connectivity index (χ0v) is 17.9. The number of nitrogens with one attached hydrogen (secondary N) is 2. The lowest BCUT2D eigenvalue weighted by Gasteiger charge is -2.29. The molecular weight excluding hydrogens is 455 g/mol. The van der Waals surface area contributed by atoms with Gasteiger partial charge in [0.1, 0.15) is 11.8 Å². The summed E-state index contributed by atoms with van der Waals surface area (Å²) >= 11 is 0. The van der Waals surface area contributed by atoms with E-state index in [-0.39, 0.29) is 41.8 Å². The first-order chi connectivity index (χ1) is 16.1. The molecule has 4 amide bonds. The van der Waals surface area contributed by atoms with E-state index in [4.69, 9.17) is 4.74 Å². The fourth-order valence-corrected chi connectivity index (χ4v) is 4.17. The van der Waals surface area contributed by atoms with Gasteiger partial charge in [-0.1, -0.05) is 18.2 Å². The molecule has 1 saturated heterocycles. The van der Waals surface area contributed by atoms with Crippen LogP contribution in [0.25, 0.3) is 0 Å². The van der Waals surface area contributed by atoms with E-state index in [1.807, 2.05) is 5.32 Å². The Kier molecular flexibility index (Phi) is 6.03. The third-order valence-electron chi connectivity index (χ3n) is 5.84. The Morgan fingerprint density at radius 1 is 1.18 bits per heavy atom. The van der Waals surface area contributed by atoms with E-state index in [2.05, 4.69) is 5.32 Å². The van der Waals surface area contributed by atoms with Crippen molar-refractivity contribution in [2.45, 2.75) is 37.6 Å². The highest BCUT2D eigenvalue weighted by Gasteiger charge is 2.44. The Bertz CT molecular complexity index is 1180. The van der Waals surface area contributed by atoms with E-state index in [9.17, 15) is 32.3 Å². The average Bonchev–Trinajstić information content (AvgIpc) is 3.12. The van der Waals surface area contributed by atoms with Crippen LogP contribution < -0.4 is 15.4 Å². The molecule has 11 heteroatoms. The minimum absolute atomic E-state index is 0.00320. The van der Waals surface area contributed by atoms with Crippen LogP contribution >= 0.6 is 0 Å². The summed E-state index contributed by atoms with van der Waals surface area (Å²) in [5.74, 6) is -2.45. The molecule has 2 aliphatic heterocycles.